The number of Topliss-reactive ketones (excluding diaryl/α,β-unsaturated/α-hetero) is 1. The number of amides is 1. The monoisotopic (exact) mass is 492 g/mol. The van der Waals surface area contributed by atoms with Crippen LogP contribution in [0.1, 0.15) is 22.9 Å². The van der Waals surface area contributed by atoms with Crippen LogP contribution in [0.2, 0.25) is 5.02 Å². The van der Waals surface area contributed by atoms with Crippen molar-refractivity contribution in [3.8, 4) is 0 Å². The Bertz CT molecular complexity index is 1730. The number of halogens is 1. The van der Waals surface area contributed by atoms with Gasteiger partial charge < -0.3 is 10.1 Å². The van der Waals surface area contributed by atoms with Crippen LogP contribution in [0, 0.1) is 6.92 Å². The van der Waals surface area contributed by atoms with Crippen molar-refractivity contribution in [2.24, 2.45) is 0 Å². The van der Waals surface area contributed by atoms with Gasteiger partial charge in [-0.25, -0.2) is 0 Å². The normalized spacial score (nSPS) is 17.4. The van der Waals surface area contributed by atoms with Gasteiger partial charge in [0.1, 0.15) is 5.76 Å². The van der Waals surface area contributed by atoms with Crippen LogP contribution in [-0.2, 0) is 9.59 Å². The average molecular weight is 493 g/mol. The summed E-state index contributed by atoms with van der Waals surface area (Å²) in [4.78, 5) is 31.9. The second kappa shape index (κ2) is 8.40. The van der Waals surface area contributed by atoms with Crippen molar-refractivity contribution in [2.45, 2.75) is 13.0 Å². The van der Waals surface area contributed by atoms with Crippen molar-refractivity contribution in [1.29, 1.82) is 0 Å². The summed E-state index contributed by atoms with van der Waals surface area (Å²) in [5.41, 5.74) is 3.44. The average Bonchev–Trinajstić information content (AvgIpc) is 3.35. The number of nitrogens with one attached hydrogen (secondary N) is 1. The quantitative estimate of drug-likeness (QED) is 0.163. The molecular weight excluding hydrogens is 472 g/mol. The number of hydrogen-bond donors (Lipinski definition) is 2. The van der Waals surface area contributed by atoms with Gasteiger partial charge in [-0.3, -0.25) is 14.5 Å². The van der Waals surface area contributed by atoms with Crippen molar-refractivity contribution in [3.05, 3.63) is 118 Å². The molecule has 2 heterocycles. The van der Waals surface area contributed by atoms with E-state index in [4.69, 9.17) is 11.6 Å². The van der Waals surface area contributed by atoms with E-state index in [-0.39, 0.29) is 11.3 Å². The molecule has 0 saturated carbocycles. The van der Waals surface area contributed by atoms with Gasteiger partial charge in [0.15, 0.2) is 0 Å². The van der Waals surface area contributed by atoms with E-state index >= 15 is 0 Å². The van der Waals surface area contributed by atoms with E-state index in [1.54, 1.807) is 30.3 Å². The van der Waals surface area contributed by atoms with E-state index in [9.17, 15) is 14.7 Å². The van der Waals surface area contributed by atoms with Gasteiger partial charge in [0.2, 0.25) is 0 Å². The molecule has 1 fully saturated rings. The number of aliphatic hydroxyl groups is 1. The van der Waals surface area contributed by atoms with Gasteiger partial charge >= 0.3 is 0 Å². The Morgan fingerprint density at radius 2 is 1.64 bits per heavy atom. The fraction of sp³-hybridized carbons (Fsp3) is 0.0667. The number of nitrogens with zero attached hydrogens (tertiary/aromatic N) is 1. The highest BCUT2D eigenvalue weighted by Gasteiger charge is 2.48. The van der Waals surface area contributed by atoms with Gasteiger partial charge in [0, 0.05) is 38.4 Å². The van der Waals surface area contributed by atoms with Crippen LogP contribution in [-0.4, -0.2) is 21.8 Å². The minimum absolute atomic E-state index is 0.0445. The number of hydrogen-bond acceptors (Lipinski definition) is 3. The van der Waals surface area contributed by atoms with Crippen LogP contribution >= 0.6 is 11.6 Å². The molecule has 1 unspecified atom stereocenters. The van der Waals surface area contributed by atoms with E-state index in [0.717, 1.165) is 32.9 Å². The maximum atomic E-state index is 13.6. The Hall–Kier alpha value is -4.35. The minimum atomic E-state index is -0.842. The smallest absolute Gasteiger partial charge is 0.300 e. The summed E-state index contributed by atoms with van der Waals surface area (Å²) >= 11 is 6.27. The molecule has 0 bridgehead atoms. The summed E-state index contributed by atoms with van der Waals surface area (Å²) in [6.45, 7) is 1.91. The maximum Gasteiger partial charge on any atom is 0.300 e. The molecule has 36 heavy (non-hydrogen) atoms. The van der Waals surface area contributed by atoms with Crippen molar-refractivity contribution in [1.82, 2.24) is 4.98 Å². The van der Waals surface area contributed by atoms with Gasteiger partial charge in [-0.1, -0.05) is 72.3 Å². The first-order valence-electron chi connectivity index (χ1n) is 11.6. The summed E-state index contributed by atoms with van der Waals surface area (Å²) in [7, 11) is 0. The Labute approximate surface area is 212 Å². The maximum absolute atomic E-state index is 13.6. The number of benzene rings is 4. The standard InChI is InChI=1S/C30H21ClN2O3/c1-17-25(23-11-4-5-12-24(23)32-17)27-26(28(34)20-14-13-18-7-2-3-8-19(18)15-20)29(35)30(36)33(27)22-10-6-9-21(31)16-22/h2-16,27,32,34H,1H3/b28-26+. The fourth-order valence-electron chi connectivity index (χ4n) is 5.14. The number of carbonyl (C=O) groups excluding carboxylic acids is 2. The zero-order valence-electron chi connectivity index (χ0n) is 19.3. The molecule has 176 valence electrons. The van der Waals surface area contributed by atoms with Crippen LogP contribution in [0.25, 0.3) is 27.4 Å². The molecule has 1 aliphatic rings. The molecule has 5 aromatic rings. The number of aliphatic hydroxyl groups excluding tert-OH is 1. The zero-order valence-corrected chi connectivity index (χ0v) is 20.1. The molecular formula is C30H21ClN2O3. The topological polar surface area (TPSA) is 73.4 Å². The number of para-hydroxylation sites is 1. The highest BCUT2D eigenvalue weighted by Crippen LogP contribution is 2.45. The number of ketones is 1. The number of aromatic amines is 1. The van der Waals surface area contributed by atoms with Gasteiger partial charge in [-0.05, 0) is 48.0 Å². The second-order valence-electron chi connectivity index (χ2n) is 8.92. The summed E-state index contributed by atoms with van der Waals surface area (Å²) in [6.07, 6.45) is 0. The van der Waals surface area contributed by atoms with E-state index in [1.807, 2.05) is 67.6 Å². The van der Waals surface area contributed by atoms with E-state index < -0.39 is 17.7 Å². The number of anilines is 1. The van der Waals surface area contributed by atoms with Crippen LogP contribution in [0.3, 0.4) is 0 Å². The molecule has 1 atom stereocenters. The Morgan fingerprint density at radius 3 is 2.44 bits per heavy atom. The minimum Gasteiger partial charge on any atom is -0.507 e. The molecule has 1 saturated heterocycles. The fourth-order valence-corrected chi connectivity index (χ4v) is 5.33. The van der Waals surface area contributed by atoms with Crippen LogP contribution in [0.4, 0.5) is 5.69 Å². The Morgan fingerprint density at radius 1 is 0.889 bits per heavy atom. The number of H-pyrrole nitrogens is 1. The highest BCUT2D eigenvalue weighted by molar-refractivity contribution is 6.52. The molecule has 0 radical (unpaired) electrons. The van der Waals surface area contributed by atoms with Crippen molar-refractivity contribution < 1.29 is 14.7 Å². The first-order chi connectivity index (χ1) is 17.4. The summed E-state index contributed by atoms with van der Waals surface area (Å²) in [5.74, 6) is -1.66. The summed E-state index contributed by atoms with van der Waals surface area (Å²) < 4.78 is 0. The molecule has 0 spiro atoms. The first-order valence-corrected chi connectivity index (χ1v) is 11.9. The van der Waals surface area contributed by atoms with Gasteiger partial charge in [0.25, 0.3) is 11.7 Å². The van der Waals surface area contributed by atoms with Crippen LogP contribution in [0.5, 0.6) is 0 Å². The predicted octanol–water partition coefficient (Wildman–Crippen LogP) is 6.91. The molecule has 2 N–H and O–H groups in total. The third-order valence-corrected chi connectivity index (χ3v) is 7.01. The first kappa shape index (κ1) is 22.1. The van der Waals surface area contributed by atoms with Crippen LogP contribution < -0.4 is 4.90 Å². The zero-order chi connectivity index (χ0) is 25.0. The molecule has 4 aromatic carbocycles. The molecule has 6 rings (SSSR count). The number of carbonyl (C=O) groups is 2. The van der Waals surface area contributed by atoms with Crippen LogP contribution in [0.15, 0.2) is 96.6 Å². The Balaban J connectivity index is 1.64. The number of aryl methyl sites for hydroxylation is 1. The molecule has 5 nitrogen and oxygen atoms in total. The molecule has 0 aliphatic carbocycles. The number of rotatable bonds is 3. The third kappa shape index (κ3) is 3.40. The van der Waals surface area contributed by atoms with Gasteiger partial charge in [-0.15, -0.1) is 0 Å². The lowest BCUT2D eigenvalue weighted by Gasteiger charge is -2.26. The number of fused-ring (bicyclic) bond motifs is 2. The lowest BCUT2D eigenvalue weighted by molar-refractivity contribution is -0.132. The third-order valence-electron chi connectivity index (χ3n) is 6.77. The van der Waals surface area contributed by atoms with Crippen molar-refractivity contribution in [3.63, 3.8) is 0 Å². The van der Waals surface area contributed by atoms with Crippen molar-refractivity contribution in [2.75, 3.05) is 4.90 Å². The Kier molecular flexibility index (Phi) is 5.16. The summed E-state index contributed by atoms with van der Waals surface area (Å²) in [5, 5.41) is 14.8. The van der Waals surface area contributed by atoms with Crippen molar-refractivity contribution >= 4 is 56.4 Å². The molecule has 6 heteroatoms. The lowest BCUT2D eigenvalue weighted by Crippen LogP contribution is -2.29. The van der Waals surface area contributed by atoms with E-state index in [1.165, 1.54) is 4.90 Å². The van der Waals surface area contributed by atoms with E-state index in [2.05, 4.69) is 4.98 Å². The molecule has 1 aliphatic heterocycles. The summed E-state index contributed by atoms with van der Waals surface area (Å²) in [6, 6.07) is 27.0. The van der Waals surface area contributed by atoms with Gasteiger partial charge in [-0.2, -0.15) is 0 Å². The predicted molar refractivity (Wildman–Crippen MR) is 143 cm³/mol. The molecule has 1 amide bonds. The highest BCUT2D eigenvalue weighted by atomic mass is 35.5. The van der Waals surface area contributed by atoms with Gasteiger partial charge in [0.05, 0.1) is 11.6 Å². The lowest BCUT2D eigenvalue weighted by atomic mass is 9.92. The second-order valence-corrected chi connectivity index (χ2v) is 9.36. The molecule has 1 aromatic heterocycles. The van der Waals surface area contributed by atoms with E-state index in [0.29, 0.717) is 16.3 Å². The SMILES string of the molecule is Cc1[nH]c2ccccc2c1C1/C(=C(\O)c2ccc3ccccc3c2)C(=O)C(=O)N1c1cccc(Cl)c1. The number of aromatic nitrogens is 1. The largest absolute Gasteiger partial charge is 0.507 e.